The second kappa shape index (κ2) is 8.54. The van der Waals surface area contributed by atoms with E-state index in [1.165, 1.54) is 11.8 Å². The molecule has 24 heavy (non-hydrogen) atoms. The van der Waals surface area contributed by atoms with Crippen LogP contribution in [0, 0.1) is 0 Å². The summed E-state index contributed by atoms with van der Waals surface area (Å²) in [6.45, 7) is 3.91. The molecule has 0 radical (unpaired) electrons. The first-order chi connectivity index (χ1) is 11.5. The minimum absolute atomic E-state index is 0.273. The number of carbonyl (C=O) groups excluding carboxylic acids is 2. The molecule has 0 unspecified atom stereocenters. The number of benzene rings is 1. The van der Waals surface area contributed by atoms with E-state index in [4.69, 9.17) is 10.5 Å². The first-order valence-corrected chi connectivity index (χ1v) is 8.70. The monoisotopic (exact) mass is 347 g/mol. The number of thioether (sulfide) groups is 1. The second-order valence-electron chi connectivity index (χ2n) is 5.20. The summed E-state index contributed by atoms with van der Waals surface area (Å²) in [6, 6.07) is 9.16. The van der Waals surface area contributed by atoms with Crippen molar-refractivity contribution in [2.45, 2.75) is 26.3 Å². The number of allylic oxidation sites excluding steroid dienone is 1. The molecule has 1 amide bonds. The molecule has 0 fully saturated rings. The van der Waals surface area contributed by atoms with Gasteiger partial charge in [0.15, 0.2) is 5.17 Å². The molecule has 0 spiro atoms. The van der Waals surface area contributed by atoms with E-state index >= 15 is 0 Å². The van der Waals surface area contributed by atoms with E-state index in [1.807, 2.05) is 37.3 Å². The molecule has 0 saturated heterocycles. The Kier molecular flexibility index (Phi) is 6.43. The van der Waals surface area contributed by atoms with Gasteiger partial charge in [-0.1, -0.05) is 42.1 Å². The molecule has 0 bridgehead atoms. The molecule has 7 heteroatoms. The lowest BCUT2D eigenvalue weighted by Gasteiger charge is -2.25. The standard InChI is InChI=1S/C17H21N3O3S/c1-3-23-16(22)14-11(2)19-17(24-10-9-13(18)21)20-15(14)12-7-5-4-6-8-12/h4-8,15H,3,9-10H2,1-2H3,(H2,18,21)(H,19,20)/t15-/m1/s1. The number of amidine groups is 1. The van der Waals surface area contributed by atoms with Crippen molar-refractivity contribution >= 4 is 28.8 Å². The maximum Gasteiger partial charge on any atom is 0.338 e. The number of ether oxygens (including phenoxy) is 1. The summed E-state index contributed by atoms with van der Waals surface area (Å²) < 4.78 is 5.18. The molecule has 1 aliphatic heterocycles. The maximum absolute atomic E-state index is 12.3. The van der Waals surface area contributed by atoms with Gasteiger partial charge < -0.3 is 15.8 Å². The van der Waals surface area contributed by atoms with Gasteiger partial charge in [-0.3, -0.25) is 4.79 Å². The number of nitrogens with two attached hydrogens (primary N) is 1. The fraction of sp³-hybridized carbons (Fsp3) is 0.353. The van der Waals surface area contributed by atoms with Gasteiger partial charge in [-0.2, -0.15) is 0 Å². The second-order valence-corrected chi connectivity index (χ2v) is 6.28. The Morgan fingerprint density at radius 1 is 1.33 bits per heavy atom. The summed E-state index contributed by atoms with van der Waals surface area (Å²) >= 11 is 1.41. The molecule has 128 valence electrons. The van der Waals surface area contributed by atoms with Crippen LogP contribution < -0.4 is 11.1 Å². The number of hydrogen-bond donors (Lipinski definition) is 2. The summed E-state index contributed by atoms with van der Waals surface area (Å²) in [4.78, 5) is 27.9. The normalized spacial score (nSPS) is 17.1. The van der Waals surface area contributed by atoms with Crippen LogP contribution in [-0.4, -0.2) is 29.4 Å². The number of hydrogen-bond acceptors (Lipinski definition) is 6. The summed E-state index contributed by atoms with van der Waals surface area (Å²) in [6.07, 6.45) is 0.273. The molecule has 2 rings (SSSR count). The third-order valence-corrected chi connectivity index (χ3v) is 4.31. The van der Waals surface area contributed by atoms with Crippen molar-refractivity contribution in [3.63, 3.8) is 0 Å². The van der Waals surface area contributed by atoms with Gasteiger partial charge in [-0.05, 0) is 19.4 Å². The molecular weight excluding hydrogens is 326 g/mol. The van der Waals surface area contributed by atoms with Gasteiger partial charge in [0.05, 0.1) is 12.2 Å². The van der Waals surface area contributed by atoms with Gasteiger partial charge in [-0.25, -0.2) is 9.79 Å². The fourth-order valence-electron chi connectivity index (χ4n) is 2.32. The largest absolute Gasteiger partial charge is 0.463 e. The summed E-state index contributed by atoms with van der Waals surface area (Å²) in [5, 5.41) is 3.78. The average Bonchev–Trinajstić information content (AvgIpc) is 2.55. The van der Waals surface area contributed by atoms with E-state index in [9.17, 15) is 9.59 Å². The Labute approximate surface area is 145 Å². The summed E-state index contributed by atoms with van der Waals surface area (Å²) in [5.41, 5.74) is 7.29. The fourth-order valence-corrected chi connectivity index (χ4v) is 3.22. The molecule has 0 aliphatic carbocycles. The van der Waals surface area contributed by atoms with Crippen LogP contribution in [0.4, 0.5) is 0 Å². The SMILES string of the molecule is CCOC(=O)C1=C(C)NC(SCCC(N)=O)=N[C@@H]1c1ccccc1. The molecule has 6 nitrogen and oxygen atoms in total. The van der Waals surface area contributed by atoms with Crippen molar-refractivity contribution in [3.8, 4) is 0 Å². The van der Waals surface area contributed by atoms with Crippen LogP contribution in [0.5, 0.6) is 0 Å². The lowest BCUT2D eigenvalue weighted by molar-refractivity contribution is -0.139. The van der Waals surface area contributed by atoms with Gasteiger partial charge in [0.25, 0.3) is 0 Å². The van der Waals surface area contributed by atoms with Crippen LogP contribution in [0.25, 0.3) is 0 Å². The Hall–Kier alpha value is -2.28. The van der Waals surface area contributed by atoms with E-state index in [-0.39, 0.29) is 18.3 Å². The van der Waals surface area contributed by atoms with E-state index in [2.05, 4.69) is 10.3 Å². The van der Waals surface area contributed by atoms with Crippen molar-refractivity contribution in [2.24, 2.45) is 10.7 Å². The number of rotatable bonds is 6. The Balaban J connectivity index is 2.28. The number of esters is 1. The number of carbonyl (C=O) groups is 2. The van der Waals surface area contributed by atoms with Crippen LogP contribution >= 0.6 is 11.8 Å². The van der Waals surface area contributed by atoms with Crippen LogP contribution in [0.3, 0.4) is 0 Å². The quantitative estimate of drug-likeness (QED) is 0.769. The van der Waals surface area contributed by atoms with Crippen molar-refractivity contribution in [2.75, 3.05) is 12.4 Å². The number of amides is 1. The predicted octanol–water partition coefficient (Wildman–Crippen LogP) is 2.13. The van der Waals surface area contributed by atoms with Crippen LogP contribution in [-0.2, 0) is 14.3 Å². The number of primary amides is 1. The van der Waals surface area contributed by atoms with Crippen molar-refractivity contribution in [1.82, 2.24) is 5.32 Å². The molecule has 3 N–H and O–H groups in total. The van der Waals surface area contributed by atoms with Crippen molar-refractivity contribution in [3.05, 3.63) is 47.2 Å². The van der Waals surface area contributed by atoms with Gasteiger partial charge >= 0.3 is 5.97 Å². The lowest BCUT2D eigenvalue weighted by Crippen LogP contribution is -2.31. The van der Waals surface area contributed by atoms with Gasteiger partial charge in [-0.15, -0.1) is 0 Å². The number of aliphatic imine (C=N–C) groups is 1. The number of nitrogens with zero attached hydrogens (tertiary/aromatic N) is 1. The summed E-state index contributed by atoms with van der Waals surface area (Å²) in [7, 11) is 0. The van der Waals surface area contributed by atoms with Gasteiger partial charge in [0, 0.05) is 17.9 Å². The van der Waals surface area contributed by atoms with Crippen LogP contribution in [0.2, 0.25) is 0 Å². The average molecular weight is 347 g/mol. The maximum atomic E-state index is 12.3. The lowest BCUT2D eigenvalue weighted by atomic mass is 9.97. The zero-order valence-corrected chi connectivity index (χ0v) is 14.6. The topological polar surface area (TPSA) is 93.8 Å². The molecule has 0 saturated carbocycles. The van der Waals surface area contributed by atoms with Crippen molar-refractivity contribution in [1.29, 1.82) is 0 Å². The highest BCUT2D eigenvalue weighted by atomic mass is 32.2. The zero-order chi connectivity index (χ0) is 17.5. The van der Waals surface area contributed by atoms with Crippen LogP contribution in [0.15, 0.2) is 46.6 Å². The minimum Gasteiger partial charge on any atom is -0.463 e. The molecule has 0 aromatic heterocycles. The Morgan fingerprint density at radius 3 is 2.67 bits per heavy atom. The predicted molar refractivity (Wildman–Crippen MR) is 95.4 cm³/mol. The molecular formula is C17H21N3O3S. The van der Waals surface area contributed by atoms with Gasteiger partial charge in [0.1, 0.15) is 6.04 Å². The van der Waals surface area contributed by atoms with E-state index in [0.29, 0.717) is 28.8 Å². The Morgan fingerprint density at radius 2 is 2.04 bits per heavy atom. The molecule has 1 atom stereocenters. The van der Waals surface area contributed by atoms with E-state index in [1.54, 1.807) is 6.92 Å². The molecule has 1 aromatic rings. The Bertz CT molecular complexity index is 671. The summed E-state index contributed by atoms with van der Waals surface area (Å²) in [5.74, 6) is -0.190. The highest BCUT2D eigenvalue weighted by Gasteiger charge is 2.30. The van der Waals surface area contributed by atoms with E-state index in [0.717, 1.165) is 5.56 Å². The minimum atomic E-state index is -0.428. The van der Waals surface area contributed by atoms with Crippen LogP contribution in [0.1, 0.15) is 31.9 Å². The third-order valence-electron chi connectivity index (χ3n) is 3.42. The van der Waals surface area contributed by atoms with Crippen molar-refractivity contribution < 1.29 is 14.3 Å². The third kappa shape index (κ3) is 4.61. The smallest absolute Gasteiger partial charge is 0.338 e. The molecule has 1 aromatic carbocycles. The highest BCUT2D eigenvalue weighted by Crippen LogP contribution is 2.32. The zero-order valence-electron chi connectivity index (χ0n) is 13.7. The highest BCUT2D eigenvalue weighted by molar-refractivity contribution is 8.13. The number of nitrogens with one attached hydrogen (secondary N) is 1. The van der Waals surface area contributed by atoms with E-state index < -0.39 is 6.04 Å². The first kappa shape index (κ1) is 18.1. The first-order valence-electron chi connectivity index (χ1n) is 7.71. The molecule has 1 heterocycles. The molecule has 1 aliphatic rings. The van der Waals surface area contributed by atoms with Gasteiger partial charge in [0.2, 0.25) is 5.91 Å².